The molecule has 10 aromatic rings. The average molecular weight is 913 g/mol. The molecule has 3 N–H and O–H groups in total. The summed E-state index contributed by atoms with van der Waals surface area (Å²) in [4.78, 5) is 20.2. The van der Waals surface area contributed by atoms with E-state index in [2.05, 4.69) is 230 Å². The van der Waals surface area contributed by atoms with Crippen molar-refractivity contribution in [2.24, 2.45) is 25.7 Å². The highest BCUT2D eigenvalue weighted by Gasteiger charge is 2.20. The fourth-order valence-electron chi connectivity index (χ4n) is 9.23. The molecule has 0 aliphatic carbocycles. The molecular formula is C64H46N7-. The van der Waals surface area contributed by atoms with Crippen LogP contribution in [-0.4, -0.2) is 29.5 Å². The van der Waals surface area contributed by atoms with Gasteiger partial charge in [-0.3, -0.25) is 4.99 Å². The van der Waals surface area contributed by atoms with Crippen LogP contribution in [0.1, 0.15) is 39.5 Å². The van der Waals surface area contributed by atoms with Gasteiger partial charge in [0.2, 0.25) is 6.29 Å². The SMILES string of the molecule is N/C(=N\C1N=C(c2ccc3ccccc3c2)C=C(c2ccc3ccccc3c2)N1)c1ccc(-c2ccc(C3=NC(c4ccc(-c5ccccc5)cc4)[N-]C(c4ccc(-c5ccccc5)cc4)=N3)cc2)cc1. The molecule has 0 saturated heterocycles. The Labute approximate surface area is 412 Å². The van der Waals surface area contributed by atoms with E-state index in [0.29, 0.717) is 17.5 Å². The van der Waals surface area contributed by atoms with Crippen LogP contribution < -0.4 is 11.1 Å². The van der Waals surface area contributed by atoms with Crippen molar-refractivity contribution in [2.75, 3.05) is 0 Å². The van der Waals surface area contributed by atoms with Crippen LogP contribution in [-0.2, 0) is 0 Å². The van der Waals surface area contributed by atoms with E-state index >= 15 is 0 Å². The van der Waals surface area contributed by atoms with Crippen LogP contribution in [0.3, 0.4) is 0 Å². The first-order valence-electron chi connectivity index (χ1n) is 23.8. The molecule has 10 aromatic carbocycles. The second-order valence-corrected chi connectivity index (χ2v) is 17.7. The number of rotatable bonds is 10. The maximum Gasteiger partial charge on any atom is 0.216 e. The zero-order valence-corrected chi connectivity index (χ0v) is 38.6. The second-order valence-electron chi connectivity index (χ2n) is 17.7. The zero-order valence-electron chi connectivity index (χ0n) is 38.6. The number of nitrogens with one attached hydrogen (secondary N) is 1. The lowest BCUT2D eigenvalue weighted by Crippen LogP contribution is -2.32. The molecule has 0 radical (unpaired) electrons. The van der Waals surface area contributed by atoms with E-state index in [1.807, 2.05) is 24.3 Å². The van der Waals surface area contributed by atoms with Crippen molar-refractivity contribution >= 4 is 50.5 Å². The predicted molar refractivity (Wildman–Crippen MR) is 295 cm³/mol. The minimum Gasteiger partial charge on any atom is -0.438 e. The summed E-state index contributed by atoms with van der Waals surface area (Å²) in [5, 5.41) is 13.3. The number of allylic oxidation sites excluding steroid dienone is 1. The van der Waals surface area contributed by atoms with Gasteiger partial charge in [0, 0.05) is 16.8 Å². The van der Waals surface area contributed by atoms with E-state index < -0.39 is 12.5 Å². The minimum absolute atomic E-state index is 0.388. The highest BCUT2D eigenvalue weighted by Crippen LogP contribution is 2.34. The molecule has 0 saturated carbocycles. The van der Waals surface area contributed by atoms with E-state index in [1.165, 1.54) is 16.3 Å². The third-order valence-electron chi connectivity index (χ3n) is 13.1. The lowest BCUT2D eigenvalue weighted by Gasteiger charge is -2.32. The summed E-state index contributed by atoms with van der Waals surface area (Å²) >= 11 is 0. The van der Waals surface area contributed by atoms with Gasteiger partial charge in [-0.25, -0.2) is 9.98 Å². The smallest absolute Gasteiger partial charge is 0.216 e. The van der Waals surface area contributed by atoms with Crippen LogP contribution in [0.15, 0.2) is 269 Å². The molecule has 0 fully saturated rings. The maximum absolute atomic E-state index is 6.80. The highest BCUT2D eigenvalue weighted by atomic mass is 15.2. The molecule has 2 atom stereocenters. The normalized spacial score (nSPS) is 15.7. The Hall–Kier alpha value is -9.46. The lowest BCUT2D eigenvalue weighted by molar-refractivity contribution is 0.651. The van der Waals surface area contributed by atoms with Crippen molar-refractivity contribution in [3.63, 3.8) is 0 Å². The van der Waals surface area contributed by atoms with E-state index in [4.69, 9.17) is 31.0 Å². The Bertz CT molecular complexity index is 3720. The fraction of sp³-hybridized carbons (Fsp3) is 0.0312. The van der Waals surface area contributed by atoms with Crippen LogP contribution in [0, 0.1) is 0 Å². The highest BCUT2D eigenvalue weighted by molar-refractivity contribution is 6.19. The quantitative estimate of drug-likeness (QED) is 0.105. The van der Waals surface area contributed by atoms with E-state index in [1.54, 1.807) is 0 Å². The Morgan fingerprint density at radius 1 is 0.423 bits per heavy atom. The number of hydrogen-bond acceptors (Lipinski definition) is 5. The monoisotopic (exact) mass is 912 g/mol. The van der Waals surface area contributed by atoms with Gasteiger partial charge >= 0.3 is 0 Å². The average Bonchev–Trinajstić information content (AvgIpc) is 3.45. The summed E-state index contributed by atoms with van der Waals surface area (Å²) in [5.41, 5.74) is 20.9. The molecule has 2 heterocycles. The van der Waals surface area contributed by atoms with Crippen LogP contribution in [0.25, 0.3) is 65.9 Å². The molecule has 71 heavy (non-hydrogen) atoms. The Morgan fingerprint density at radius 3 is 1.46 bits per heavy atom. The first-order chi connectivity index (χ1) is 35.0. The Kier molecular flexibility index (Phi) is 11.4. The molecule has 12 rings (SSSR count). The summed E-state index contributed by atoms with van der Waals surface area (Å²) in [6.07, 6.45) is 0.999. The molecule has 0 spiro atoms. The number of nitrogens with two attached hydrogens (primary N) is 1. The first kappa shape index (κ1) is 42.9. The topological polar surface area (TPSA) is 102 Å². The van der Waals surface area contributed by atoms with Crippen molar-refractivity contribution in [3.8, 4) is 33.4 Å². The van der Waals surface area contributed by atoms with Crippen LogP contribution >= 0.6 is 0 Å². The van der Waals surface area contributed by atoms with Crippen molar-refractivity contribution in [1.29, 1.82) is 0 Å². The minimum atomic E-state index is -0.643. The lowest BCUT2D eigenvalue weighted by atomic mass is 10.00. The maximum atomic E-state index is 6.80. The molecule has 2 unspecified atom stereocenters. The molecule has 7 heteroatoms. The number of fused-ring (bicyclic) bond motifs is 2. The van der Waals surface area contributed by atoms with Gasteiger partial charge in [0.1, 0.15) is 5.84 Å². The second kappa shape index (κ2) is 18.9. The van der Waals surface area contributed by atoms with Crippen molar-refractivity contribution in [1.82, 2.24) is 5.32 Å². The number of aliphatic imine (C=N–C) groups is 4. The molecule has 2 aliphatic rings. The van der Waals surface area contributed by atoms with E-state index in [0.717, 1.165) is 83.4 Å². The summed E-state index contributed by atoms with van der Waals surface area (Å²) in [5.74, 6) is 1.66. The third-order valence-corrected chi connectivity index (χ3v) is 13.1. The molecule has 338 valence electrons. The van der Waals surface area contributed by atoms with Gasteiger partial charge in [-0.1, -0.05) is 236 Å². The van der Waals surface area contributed by atoms with Gasteiger partial charge in [-0.05, 0) is 95.4 Å². The van der Waals surface area contributed by atoms with Gasteiger partial charge < -0.3 is 21.4 Å². The number of amidine groups is 3. The molecule has 2 aliphatic heterocycles. The van der Waals surface area contributed by atoms with Gasteiger partial charge in [-0.2, -0.15) is 0 Å². The van der Waals surface area contributed by atoms with Gasteiger partial charge in [0.25, 0.3) is 0 Å². The molecule has 0 aromatic heterocycles. The predicted octanol–water partition coefficient (Wildman–Crippen LogP) is 14.4. The van der Waals surface area contributed by atoms with Gasteiger partial charge in [-0.15, -0.1) is 0 Å². The number of nitrogens with zero attached hydrogens (tertiary/aromatic N) is 5. The summed E-state index contributed by atoms with van der Waals surface area (Å²) in [7, 11) is 0. The molecular weight excluding hydrogens is 867 g/mol. The molecule has 0 amide bonds. The van der Waals surface area contributed by atoms with Gasteiger partial charge in [0.15, 0.2) is 0 Å². The van der Waals surface area contributed by atoms with Crippen LogP contribution in [0.5, 0.6) is 0 Å². The summed E-state index contributed by atoms with van der Waals surface area (Å²) in [6.45, 7) is 0. The summed E-state index contributed by atoms with van der Waals surface area (Å²) in [6, 6.07) is 84.0. The molecule has 7 nitrogen and oxygen atoms in total. The Balaban J connectivity index is 0.810. The van der Waals surface area contributed by atoms with Gasteiger partial charge in [0.05, 0.1) is 17.7 Å². The summed E-state index contributed by atoms with van der Waals surface area (Å²) < 4.78 is 0. The van der Waals surface area contributed by atoms with Crippen molar-refractivity contribution < 1.29 is 0 Å². The fourth-order valence-corrected chi connectivity index (χ4v) is 9.23. The standard InChI is InChI=1S/C64H46N7/c65-60(68-64-66-58(56-37-27-44-15-7-9-17-54(44)39-56)41-59(67-64)57-38-28-45-16-8-10-18-55(45)40-57)50-29-19-48(20-30-50)49-25-35-53(36-26-49)63-70-61(51-31-21-46(22-32-51)42-11-3-1-4-12-42)69-62(71-63)52-33-23-47(24-34-52)43-13-5-2-6-14-43/h1-41,61,64,66H,(H2-,65,68,69,70,71)/q-1. The number of benzene rings is 10. The first-order valence-corrected chi connectivity index (χ1v) is 23.8. The van der Waals surface area contributed by atoms with Crippen LogP contribution in [0.2, 0.25) is 0 Å². The Morgan fingerprint density at radius 2 is 0.873 bits per heavy atom. The molecule has 0 bridgehead atoms. The van der Waals surface area contributed by atoms with E-state index in [-0.39, 0.29) is 0 Å². The van der Waals surface area contributed by atoms with Crippen LogP contribution in [0.4, 0.5) is 0 Å². The zero-order chi connectivity index (χ0) is 47.5. The van der Waals surface area contributed by atoms with Crippen molar-refractivity contribution in [3.05, 3.63) is 287 Å². The van der Waals surface area contributed by atoms with E-state index in [9.17, 15) is 0 Å². The van der Waals surface area contributed by atoms with Crippen molar-refractivity contribution in [2.45, 2.75) is 12.5 Å². The largest absolute Gasteiger partial charge is 0.438 e. The third kappa shape index (κ3) is 9.15. The number of hydrogen-bond donors (Lipinski definition) is 2.